The molecule has 0 saturated heterocycles. The second kappa shape index (κ2) is 4.21. The Balaban J connectivity index is 2.33. The Hall–Kier alpha value is -1.43. The Morgan fingerprint density at radius 1 is 1.56 bits per heavy atom. The molecule has 2 aromatic rings. The van der Waals surface area contributed by atoms with Crippen LogP contribution in [0.1, 0.15) is 37.2 Å². The minimum atomic E-state index is 0.400. The number of nitrogens with zero attached hydrogens (tertiary/aromatic N) is 3. The van der Waals surface area contributed by atoms with E-state index >= 15 is 0 Å². The summed E-state index contributed by atoms with van der Waals surface area (Å²) in [4.78, 5) is 7.20. The molecular formula is C10H14N4OS. The second-order valence-electron chi connectivity index (χ2n) is 3.99. The average molecular weight is 238 g/mol. The first-order valence-corrected chi connectivity index (χ1v) is 5.56. The molecule has 2 heterocycles. The lowest BCUT2D eigenvalue weighted by molar-refractivity contribution is 0.365. The van der Waals surface area contributed by atoms with E-state index in [-0.39, 0.29) is 0 Å². The molecule has 0 saturated carbocycles. The molecule has 5 nitrogen and oxygen atoms in total. The first-order valence-electron chi connectivity index (χ1n) is 5.15. The van der Waals surface area contributed by atoms with Crippen LogP contribution in [0.3, 0.4) is 0 Å². The zero-order valence-corrected chi connectivity index (χ0v) is 10.3. The molecule has 86 valence electrons. The van der Waals surface area contributed by atoms with Gasteiger partial charge in [0.2, 0.25) is 5.89 Å². The van der Waals surface area contributed by atoms with Crippen molar-refractivity contribution in [3.05, 3.63) is 28.4 Å². The molecule has 0 aliphatic rings. The Labute approximate surface area is 98.5 Å². The van der Waals surface area contributed by atoms with Crippen molar-refractivity contribution in [1.29, 1.82) is 0 Å². The summed E-state index contributed by atoms with van der Waals surface area (Å²) < 4.78 is 7.74. The van der Waals surface area contributed by atoms with Crippen molar-refractivity contribution < 1.29 is 4.52 Å². The number of H-pyrrole nitrogens is 1. The van der Waals surface area contributed by atoms with Crippen LogP contribution in [-0.4, -0.2) is 19.7 Å². The molecule has 0 radical (unpaired) electrons. The van der Waals surface area contributed by atoms with Crippen LogP contribution in [0.4, 0.5) is 0 Å². The first-order chi connectivity index (χ1) is 7.58. The molecule has 16 heavy (non-hydrogen) atoms. The van der Waals surface area contributed by atoms with Crippen molar-refractivity contribution >= 4 is 12.2 Å². The molecule has 0 aromatic carbocycles. The molecule has 0 aliphatic heterocycles. The van der Waals surface area contributed by atoms with Gasteiger partial charge >= 0.3 is 0 Å². The highest BCUT2D eigenvalue weighted by Gasteiger charge is 2.11. The van der Waals surface area contributed by atoms with Gasteiger partial charge in [-0.2, -0.15) is 4.98 Å². The minimum Gasteiger partial charge on any atom is -0.337 e. The third-order valence-corrected chi connectivity index (χ3v) is 2.69. The summed E-state index contributed by atoms with van der Waals surface area (Å²) in [5.74, 6) is 1.62. The zero-order valence-electron chi connectivity index (χ0n) is 9.52. The highest BCUT2D eigenvalue weighted by molar-refractivity contribution is 7.71. The zero-order chi connectivity index (χ0) is 11.7. The Bertz CT molecular complexity index is 537. The number of hydrogen-bond acceptors (Lipinski definition) is 4. The van der Waals surface area contributed by atoms with E-state index in [4.69, 9.17) is 16.7 Å². The molecule has 0 spiro atoms. The maximum absolute atomic E-state index is 5.22. The van der Waals surface area contributed by atoms with Crippen LogP contribution in [0.25, 0.3) is 0 Å². The van der Waals surface area contributed by atoms with E-state index < -0.39 is 0 Å². The van der Waals surface area contributed by atoms with E-state index in [1.54, 1.807) is 6.92 Å². The molecule has 0 amide bonds. The van der Waals surface area contributed by atoms with E-state index in [1.165, 1.54) is 0 Å². The predicted octanol–water partition coefficient (Wildman–Crippen LogP) is 2.41. The largest absolute Gasteiger partial charge is 0.337 e. The molecule has 2 aromatic heterocycles. The van der Waals surface area contributed by atoms with Gasteiger partial charge in [-0.15, -0.1) is 0 Å². The lowest BCUT2D eigenvalue weighted by Gasteiger charge is -2.07. The summed E-state index contributed by atoms with van der Waals surface area (Å²) in [5, 5.41) is 3.76. The quantitative estimate of drug-likeness (QED) is 0.834. The fraction of sp³-hybridized carbons (Fsp3) is 0.500. The molecule has 0 aliphatic carbocycles. The van der Waals surface area contributed by atoms with Crippen molar-refractivity contribution in [2.45, 2.75) is 33.2 Å². The van der Waals surface area contributed by atoms with Crippen LogP contribution in [0.15, 0.2) is 10.7 Å². The molecule has 0 atom stereocenters. The topological polar surface area (TPSA) is 59.6 Å². The van der Waals surface area contributed by atoms with E-state index in [0.29, 0.717) is 28.9 Å². The lowest BCUT2D eigenvalue weighted by atomic mass is 10.1. The Morgan fingerprint density at radius 2 is 2.31 bits per heavy atom. The highest BCUT2D eigenvalue weighted by atomic mass is 32.1. The predicted molar refractivity (Wildman–Crippen MR) is 61.8 cm³/mol. The average Bonchev–Trinajstić information content (AvgIpc) is 2.76. The highest BCUT2D eigenvalue weighted by Crippen LogP contribution is 2.15. The van der Waals surface area contributed by atoms with E-state index in [2.05, 4.69) is 29.0 Å². The van der Waals surface area contributed by atoms with E-state index in [1.807, 2.05) is 10.8 Å². The van der Waals surface area contributed by atoms with E-state index in [9.17, 15) is 0 Å². The summed E-state index contributed by atoms with van der Waals surface area (Å²) in [6.45, 7) is 6.56. The smallest absolute Gasteiger partial charge is 0.246 e. The van der Waals surface area contributed by atoms with Crippen molar-refractivity contribution in [3.63, 3.8) is 0 Å². The van der Waals surface area contributed by atoms with Gasteiger partial charge in [-0.25, -0.2) is 0 Å². The first kappa shape index (κ1) is 11.1. The second-order valence-corrected chi connectivity index (χ2v) is 4.38. The Morgan fingerprint density at radius 3 is 2.88 bits per heavy atom. The fourth-order valence-corrected chi connectivity index (χ4v) is 1.82. The van der Waals surface area contributed by atoms with Crippen LogP contribution >= 0.6 is 12.2 Å². The maximum Gasteiger partial charge on any atom is 0.246 e. The number of aromatic nitrogens is 4. The number of nitrogens with one attached hydrogen (secondary N) is 1. The lowest BCUT2D eigenvalue weighted by Crippen LogP contribution is -2.06. The van der Waals surface area contributed by atoms with Crippen LogP contribution in [0.2, 0.25) is 0 Å². The molecular weight excluding hydrogens is 224 g/mol. The maximum atomic E-state index is 5.22. The van der Waals surface area contributed by atoms with Gasteiger partial charge < -0.3 is 14.1 Å². The van der Waals surface area contributed by atoms with Crippen LogP contribution < -0.4 is 0 Å². The van der Waals surface area contributed by atoms with Crippen LogP contribution in [-0.2, 0) is 6.54 Å². The summed E-state index contributed by atoms with van der Waals surface area (Å²) in [7, 11) is 0. The van der Waals surface area contributed by atoms with Crippen LogP contribution in [0.5, 0.6) is 0 Å². The minimum absolute atomic E-state index is 0.400. The van der Waals surface area contributed by atoms with Crippen LogP contribution in [0, 0.1) is 11.7 Å². The molecule has 1 N–H and O–H groups in total. The van der Waals surface area contributed by atoms with Gasteiger partial charge in [-0.05, 0) is 25.1 Å². The standard InChI is InChI=1S/C10H14N4OS/c1-6(2)8-4-11-10(16)14(8)5-9-12-7(3)13-15-9/h4,6H,5H2,1-3H3,(H,11,16). The van der Waals surface area contributed by atoms with Crippen molar-refractivity contribution in [3.8, 4) is 0 Å². The van der Waals surface area contributed by atoms with Gasteiger partial charge in [0.1, 0.15) is 6.54 Å². The summed E-state index contributed by atoms with van der Waals surface area (Å²) in [6, 6.07) is 0. The number of hydrogen-bond donors (Lipinski definition) is 1. The van der Waals surface area contributed by atoms with Crippen molar-refractivity contribution in [2.24, 2.45) is 0 Å². The number of rotatable bonds is 3. The molecule has 6 heteroatoms. The fourth-order valence-electron chi connectivity index (χ4n) is 1.59. The summed E-state index contributed by atoms with van der Waals surface area (Å²) in [5.41, 5.74) is 1.14. The third-order valence-electron chi connectivity index (χ3n) is 2.35. The number of aromatic amines is 1. The van der Waals surface area contributed by atoms with Crippen molar-refractivity contribution in [1.82, 2.24) is 19.7 Å². The van der Waals surface area contributed by atoms with Gasteiger partial charge in [-0.1, -0.05) is 19.0 Å². The molecule has 0 bridgehead atoms. The van der Waals surface area contributed by atoms with Gasteiger partial charge in [0.05, 0.1) is 0 Å². The number of imidazole rings is 1. The monoisotopic (exact) mass is 238 g/mol. The van der Waals surface area contributed by atoms with Gasteiger partial charge in [-0.3, -0.25) is 0 Å². The molecule has 2 rings (SSSR count). The molecule has 0 unspecified atom stereocenters. The third kappa shape index (κ3) is 2.06. The number of aryl methyl sites for hydroxylation is 1. The van der Waals surface area contributed by atoms with Gasteiger partial charge in [0, 0.05) is 11.9 Å². The van der Waals surface area contributed by atoms with Gasteiger partial charge in [0.15, 0.2) is 10.6 Å². The molecule has 0 fully saturated rings. The van der Waals surface area contributed by atoms with Gasteiger partial charge in [0.25, 0.3) is 0 Å². The normalized spacial score (nSPS) is 11.2. The SMILES string of the molecule is Cc1noc(Cn2c(C(C)C)c[nH]c2=S)n1. The van der Waals surface area contributed by atoms with Crippen molar-refractivity contribution in [2.75, 3.05) is 0 Å². The summed E-state index contributed by atoms with van der Waals surface area (Å²) >= 11 is 5.22. The Kier molecular flexibility index (Phi) is 2.91. The summed E-state index contributed by atoms with van der Waals surface area (Å²) in [6.07, 6.45) is 1.93. The van der Waals surface area contributed by atoms with E-state index in [0.717, 1.165) is 5.69 Å².